The highest BCUT2D eigenvalue weighted by molar-refractivity contribution is 5.81. The molecule has 0 bridgehead atoms. The minimum atomic E-state index is -0.568. The van der Waals surface area contributed by atoms with Crippen LogP contribution in [-0.2, 0) is 16.1 Å². The standard InChI is InChI=1S/C15H23N3O4/c1-9(2)14(17)15(20)18-7-10-4-5-11(12(6-10)21-3)22-8-13(16)19/h4-6,9,14H,7-8,17H2,1-3H3,(H2,16,19)(H,18,20)/t14-/m0/s1. The van der Waals surface area contributed by atoms with E-state index >= 15 is 0 Å². The molecule has 0 saturated heterocycles. The molecule has 7 heteroatoms. The van der Waals surface area contributed by atoms with E-state index in [1.165, 1.54) is 7.11 Å². The van der Waals surface area contributed by atoms with Gasteiger partial charge in [0.1, 0.15) is 0 Å². The molecule has 1 aromatic rings. The Morgan fingerprint density at radius 2 is 1.95 bits per heavy atom. The average Bonchev–Trinajstić information content (AvgIpc) is 2.49. The van der Waals surface area contributed by atoms with Gasteiger partial charge in [-0.2, -0.15) is 0 Å². The summed E-state index contributed by atoms with van der Waals surface area (Å²) in [5.41, 5.74) is 11.6. The monoisotopic (exact) mass is 309 g/mol. The van der Waals surface area contributed by atoms with Crippen molar-refractivity contribution in [1.29, 1.82) is 0 Å². The van der Waals surface area contributed by atoms with E-state index in [4.69, 9.17) is 20.9 Å². The van der Waals surface area contributed by atoms with Crippen LogP contribution in [0.3, 0.4) is 0 Å². The molecule has 0 spiro atoms. The van der Waals surface area contributed by atoms with Gasteiger partial charge in [-0.15, -0.1) is 0 Å². The first-order valence-electron chi connectivity index (χ1n) is 6.96. The molecule has 2 amide bonds. The summed E-state index contributed by atoms with van der Waals surface area (Å²) in [4.78, 5) is 22.5. The van der Waals surface area contributed by atoms with Crippen LogP contribution in [0.4, 0.5) is 0 Å². The lowest BCUT2D eigenvalue weighted by atomic mass is 10.0. The first-order valence-corrected chi connectivity index (χ1v) is 6.96. The van der Waals surface area contributed by atoms with Crippen molar-refractivity contribution in [3.8, 4) is 11.5 Å². The largest absolute Gasteiger partial charge is 0.493 e. The van der Waals surface area contributed by atoms with Gasteiger partial charge in [0.25, 0.3) is 5.91 Å². The zero-order valence-corrected chi connectivity index (χ0v) is 13.1. The maximum Gasteiger partial charge on any atom is 0.255 e. The Hall–Kier alpha value is -2.28. The number of ether oxygens (including phenoxy) is 2. The lowest BCUT2D eigenvalue weighted by Crippen LogP contribution is -2.43. The lowest BCUT2D eigenvalue weighted by Gasteiger charge is -2.16. The third kappa shape index (κ3) is 5.25. The van der Waals surface area contributed by atoms with Crippen molar-refractivity contribution in [3.63, 3.8) is 0 Å². The fraction of sp³-hybridized carbons (Fsp3) is 0.467. The van der Waals surface area contributed by atoms with Gasteiger partial charge in [-0.05, 0) is 23.6 Å². The van der Waals surface area contributed by atoms with Gasteiger partial charge in [-0.3, -0.25) is 9.59 Å². The Balaban J connectivity index is 2.69. The Bertz CT molecular complexity index is 532. The Morgan fingerprint density at radius 1 is 1.27 bits per heavy atom. The summed E-state index contributed by atoms with van der Waals surface area (Å²) in [6.07, 6.45) is 0. The number of hydrogen-bond donors (Lipinski definition) is 3. The number of amides is 2. The molecule has 5 N–H and O–H groups in total. The second-order valence-corrected chi connectivity index (χ2v) is 5.23. The molecule has 0 saturated carbocycles. The highest BCUT2D eigenvalue weighted by Gasteiger charge is 2.16. The predicted octanol–water partition coefficient (Wildman–Crippen LogP) is 0.159. The second kappa shape index (κ2) is 8.23. The molecule has 0 aliphatic carbocycles. The van der Waals surface area contributed by atoms with E-state index in [-0.39, 0.29) is 18.4 Å². The summed E-state index contributed by atoms with van der Waals surface area (Å²) in [6, 6.07) is 4.60. The number of methoxy groups -OCH3 is 1. The van der Waals surface area contributed by atoms with Gasteiger partial charge < -0.3 is 26.3 Å². The van der Waals surface area contributed by atoms with Gasteiger partial charge in [0.15, 0.2) is 18.1 Å². The first-order chi connectivity index (χ1) is 10.3. The summed E-state index contributed by atoms with van der Waals surface area (Å²) in [5.74, 6) is 0.166. The van der Waals surface area contributed by atoms with Gasteiger partial charge in [0.2, 0.25) is 5.91 Å². The van der Waals surface area contributed by atoms with E-state index < -0.39 is 11.9 Å². The van der Waals surface area contributed by atoms with Crippen LogP contribution in [0.15, 0.2) is 18.2 Å². The minimum absolute atomic E-state index is 0.0686. The summed E-state index contributed by atoms with van der Waals surface area (Å²) in [6.45, 7) is 3.87. The van der Waals surface area contributed by atoms with E-state index in [0.717, 1.165) is 5.56 Å². The van der Waals surface area contributed by atoms with Crippen molar-refractivity contribution in [1.82, 2.24) is 5.32 Å². The molecule has 1 atom stereocenters. The molecule has 22 heavy (non-hydrogen) atoms. The van der Waals surface area contributed by atoms with Crippen molar-refractivity contribution in [2.45, 2.75) is 26.4 Å². The molecule has 0 radical (unpaired) electrons. The average molecular weight is 309 g/mol. The van der Waals surface area contributed by atoms with Gasteiger partial charge >= 0.3 is 0 Å². The molecular formula is C15H23N3O4. The quantitative estimate of drug-likeness (QED) is 0.632. The Labute approximate surface area is 129 Å². The SMILES string of the molecule is COc1cc(CNC(=O)[C@@H](N)C(C)C)ccc1OCC(N)=O. The molecule has 0 aliphatic rings. The fourth-order valence-corrected chi connectivity index (χ4v) is 1.70. The van der Waals surface area contributed by atoms with E-state index in [1.807, 2.05) is 13.8 Å². The molecule has 0 fully saturated rings. The van der Waals surface area contributed by atoms with Crippen LogP contribution in [-0.4, -0.2) is 31.6 Å². The normalized spacial score (nSPS) is 11.9. The van der Waals surface area contributed by atoms with E-state index in [9.17, 15) is 9.59 Å². The van der Waals surface area contributed by atoms with Gasteiger partial charge in [-0.25, -0.2) is 0 Å². The molecule has 1 rings (SSSR count). The van der Waals surface area contributed by atoms with E-state index in [2.05, 4.69) is 5.32 Å². The number of nitrogens with two attached hydrogens (primary N) is 2. The Kier molecular flexibility index (Phi) is 6.65. The highest BCUT2D eigenvalue weighted by Crippen LogP contribution is 2.27. The molecule has 122 valence electrons. The zero-order valence-electron chi connectivity index (χ0n) is 13.1. The molecule has 0 aliphatic heterocycles. The van der Waals surface area contributed by atoms with Gasteiger partial charge in [0, 0.05) is 6.54 Å². The third-order valence-electron chi connectivity index (χ3n) is 3.09. The molecule has 0 aromatic heterocycles. The summed E-state index contributed by atoms with van der Waals surface area (Å²) in [7, 11) is 1.49. The molecule has 7 nitrogen and oxygen atoms in total. The van der Waals surface area contributed by atoms with E-state index in [1.54, 1.807) is 18.2 Å². The van der Waals surface area contributed by atoms with Crippen molar-refractivity contribution >= 4 is 11.8 Å². The second-order valence-electron chi connectivity index (χ2n) is 5.23. The van der Waals surface area contributed by atoms with Crippen LogP contribution in [0.1, 0.15) is 19.4 Å². The lowest BCUT2D eigenvalue weighted by molar-refractivity contribution is -0.123. The van der Waals surface area contributed by atoms with Crippen LogP contribution in [0.2, 0.25) is 0 Å². The number of benzene rings is 1. The van der Waals surface area contributed by atoms with Crippen LogP contribution < -0.4 is 26.3 Å². The molecular weight excluding hydrogens is 286 g/mol. The third-order valence-corrected chi connectivity index (χ3v) is 3.09. The number of primary amides is 1. The van der Waals surface area contributed by atoms with E-state index in [0.29, 0.717) is 18.0 Å². The zero-order chi connectivity index (χ0) is 16.7. The summed E-state index contributed by atoms with van der Waals surface area (Å²) < 4.78 is 10.4. The molecule has 0 heterocycles. The van der Waals surface area contributed by atoms with Crippen LogP contribution in [0.25, 0.3) is 0 Å². The maximum absolute atomic E-state index is 11.8. The van der Waals surface area contributed by atoms with Crippen molar-refractivity contribution < 1.29 is 19.1 Å². The summed E-state index contributed by atoms with van der Waals surface area (Å²) in [5, 5.41) is 2.77. The number of carbonyl (C=O) groups excluding carboxylic acids is 2. The number of hydrogen-bond acceptors (Lipinski definition) is 5. The van der Waals surface area contributed by atoms with Gasteiger partial charge in [0.05, 0.1) is 13.2 Å². The maximum atomic E-state index is 11.8. The fourth-order valence-electron chi connectivity index (χ4n) is 1.70. The highest BCUT2D eigenvalue weighted by atomic mass is 16.5. The van der Waals surface area contributed by atoms with Crippen LogP contribution >= 0.6 is 0 Å². The topological polar surface area (TPSA) is 117 Å². The van der Waals surface area contributed by atoms with Crippen molar-refractivity contribution in [2.75, 3.05) is 13.7 Å². The van der Waals surface area contributed by atoms with Crippen LogP contribution in [0.5, 0.6) is 11.5 Å². The van der Waals surface area contributed by atoms with Crippen molar-refractivity contribution in [3.05, 3.63) is 23.8 Å². The summed E-state index contributed by atoms with van der Waals surface area (Å²) >= 11 is 0. The number of rotatable bonds is 8. The molecule has 0 unspecified atom stereocenters. The van der Waals surface area contributed by atoms with Crippen LogP contribution in [0, 0.1) is 5.92 Å². The van der Waals surface area contributed by atoms with Crippen molar-refractivity contribution in [2.24, 2.45) is 17.4 Å². The minimum Gasteiger partial charge on any atom is -0.493 e. The predicted molar refractivity (Wildman–Crippen MR) is 82.3 cm³/mol. The smallest absolute Gasteiger partial charge is 0.255 e. The van der Waals surface area contributed by atoms with Gasteiger partial charge in [-0.1, -0.05) is 19.9 Å². The first kappa shape index (κ1) is 17.8. The Morgan fingerprint density at radius 3 is 2.50 bits per heavy atom. The molecule has 1 aromatic carbocycles. The number of nitrogens with one attached hydrogen (secondary N) is 1. The number of carbonyl (C=O) groups is 2.